The van der Waals surface area contributed by atoms with Crippen molar-refractivity contribution in [3.63, 3.8) is 0 Å². The fourth-order valence-corrected chi connectivity index (χ4v) is 0.826. The topological polar surface area (TPSA) is 55.1 Å². The molecule has 4 heteroatoms. The molecule has 0 aromatic carbocycles. The van der Waals surface area contributed by atoms with Gasteiger partial charge in [0.15, 0.2) is 0 Å². The standard InChI is InChI=1S/C9H10N2O2/c1-12-4-5-13-9-2-3-11-7-8(9)6-10/h2-3,7H,4-5H2,1H3. The Labute approximate surface area is 76.7 Å². The highest BCUT2D eigenvalue weighted by molar-refractivity contribution is 5.39. The molecule has 1 heterocycles. The summed E-state index contributed by atoms with van der Waals surface area (Å²) >= 11 is 0. The largest absolute Gasteiger partial charge is 0.490 e. The molecule has 0 amide bonds. The van der Waals surface area contributed by atoms with E-state index in [-0.39, 0.29) is 0 Å². The molecule has 4 nitrogen and oxygen atoms in total. The van der Waals surface area contributed by atoms with Crippen molar-refractivity contribution in [2.45, 2.75) is 0 Å². The van der Waals surface area contributed by atoms with Gasteiger partial charge in [0.25, 0.3) is 0 Å². The predicted molar refractivity (Wildman–Crippen MR) is 46.3 cm³/mol. The molecule has 13 heavy (non-hydrogen) atoms. The van der Waals surface area contributed by atoms with Crippen LogP contribution in [0, 0.1) is 11.3 Å². The first-order valence-electron chi connectivity index (χ1n) is 3.84. The Balaban J connectivity index is 2.60. The summed E-state index contributed by atoms with van der Waals surface area (Å²) in [7, 11) is 1.60. The lowest BCUT2D eigenvalue weighted by Gasteiger charge is -2.05. The van der Waals surface area contributed by atoms with Crippen LogP contribution < -0.4 is 4.74 Å². The molecule has 0 unspecified atom stereocenters. The van der Waals surface area contributed by atoms with Crippen LogP contribution in [0.3, 0.4) is 0 Å². The quantitative estimate of drug-likeness (QED) is 0.645. The van der Waals surface area contributed by atoms with Gasteiger partial charge in [0.05, 0.1) is 6.61 Å². The number of hydrogen-bond donors (Lipinski definition) is 0. The molecule has 0 atom stereocenters. The van der Waals surface area contributed by atoms with E-state index < -0.39 is 0 Å². The molecule has 1 aromatic rings. The smallest absolute Gasteiger partial charge is 0.140 e. The summed E-state index contributed by atoms with van der Waals surface area (Å²) in [4.78, 5) is 3.81. The monoisotopic (exact) mass is 178 g/mol. The molecule has 0 aliphatic rings. The van der Waals surface area contributed by atoms with Crippen LogP contribution >= 0.6 is 0 Å². The van der Waals surface area contributed by atoms with Crippen LogP contribution in [0.15, 0.2) is 18.5 Å². The second-order valence-electron chi connectivity index (χ2n) is 2.32. The zero-order valence-corrected chi connectivity index (χ0v) is 7.36. The predicted octanol–water partition coefficient (Wildman–Crippen LogP) is 0.978. The number of nitriles is 1. The molecule has 0 N–H and O–H groups in total. The van der Waals surface area contributed by atoms with E-state index in [0.29, 0.717) is 24.5 Å². The van der Waals surface area contributed by atoms with Gasteiger partial charge in [-0.1, -0.05) is 0 Å². The van der Waals surface area contributed by atoms with E-state index in [9.17, 15) is 0 Å². The number of ether oxygens (including phenoxy) is 2. The Hall–Kier alpha value is -1.60. The van der Waals surface area contributed by atoms with E-state index in [2.05, 4.69) is 4.98 Å². The molecule has 0 radical (unpaired) electrons. The van der Waals surface area contributed by atoms with Gasteiger partial charge in [-0.15, -0.1) is 0 Å². The fraction of sp³-hybridized carbons (Fsp3) is 0.333. The van der Waals surface area contributed by atoms with Crippen molar-refractivity contribution in [2.75, 3.05) is 20.3 Å². The Bertz CT molecular complexity index is 307. The third-order valence-electron chi connectivity index (χ3n) is 1.45. The van der Waals surface area contributed by atoms with Crippen molar-refractivity contribution >= 4 is 0 Å². The number of methoxy groups -OCH3 is 1. The molecular weight excluding hydrogens is 168 g/mol. The van der Waals surface area contributed by atoms with Gasteiger partial charge in [0.2, 0.25) is 0 Å². The zero-order chi connectivity index (χ0) is 9.52. The number of pyridine rings is 1. The molecule has 0 bridgehead atoms. The number of hydrogen-bond acceptors (Lipinski definition) is 4. The number of rotatable bonds is 4. The van der Waals surface area contributed by atoms with Crippen LogP contribution in [0.25, 0.3) is 0 Å². The average molecular weight is 178 g/mol. The van der Waals surface area contributed by atoms with Crippen LogP contribution in [-0.4, -0.2) is 25.3 Å². The minimum absolute atomic E-state index is 0.440. The molecule has 0 aliphatic carbocycles. The van der Waals surface area contributed by atoms with Gasteiger partial charge in [-0.25, -0.2) is 0 Å². The lowest BCUT2D eigenvalue weighted by Crippen LogP contribution is -2.05. The lowest BCUT2D eigenvalue weighted by atomic mass is 10.3. The Morgan fingerprint density at radius 3 is 3.08 bits per heavy atom. The van der Waals surface area contributed by atoms with Crippen LogP contribution in [0.2, 0.25) is 0 Å². The molecule has 68 valence electrons. The minimum atomic E-state index is 0.440. The Kier molecular flexibility index (Phi) is 3.74. The van der Waals surface area contributed by atoms with Gasteiger partial charge >= 0.3 is 0 Å². The fourth-order valence-electron chi connectivity index (χ4n) is 0.826. The van der Waals surface area contributed by atoms with E-state index in [4.69, 9.17) is 14.7 Å². The number of nitrogens with zero attached hydrogens (tertiary/aromatic N) is 2. The Morgan fingerprint density at radius 1 is 1.54 bits per heavy atom. The van der Waals surface area contributed by atoms with E-state index in [1.807, 2.05) is 6.07 Å². The van der Waals surface area contributed by atoms with Crippen LogP contribution in [0.5, 0.6) is 5.75 Å². The van der Waals surface area contributed by atoms with Crippen molar-refractivity contribution < 1.29 is 9.47 Å². The first-order chi connectivity index (χ1) is 6.38. The highest BCUT2D eigenvalue weighted by Gasteiger charge is 2.00. The van der Waals surface area contributed by atoms with Crippen LogP contribution in [0.1, 0.15) is 5.56 Å². The molecule has 1 rings (SSSR count). The third-order valence-corrected chi connectivity index (χ3v) is 1.45. The van der Waals surface area contributed by atoms with E-state index >= 15 is 0 Å². The van der Waals surface area contributed by atoms with Crippen molar-refractivity contribution in [3.05, 3.63) is 24.0 Å². The maximum Gasteiger partial charge on any atom is 0.140 e. The minimum Gasteiger partial charge on any atom is -0.490 e. The normalized spacial score (nSPS) is 9.23. The number of aromatic nitrogens is 1. The lowest BCUT2D eigenvalue weighted by molar-refractivity contribution is 0.146. The highest BCUT2D eigenvalue weighted by Crippen LogP contribution is 2.14. The summed E-state index contributed by atoms with van der Waals surface area (Å²) in [5, 5.41) is 8.67. The first kappa shape index (κ1) is 9.49. The van der Waals surface area contributed by atoms with E-state index in [0.717, 1.165) is 0 Å². The summed E-state index contributed by atoms with van der Waals surface area (Å²) in [6.07, 6.45) is 3.06. The van der Waals surface area contributed by atoms with Gasteiger partial charge in [-0.3, -0.25) is 4.98 Å². The second-order valence-corrected chi connectivity index (χ2v) is 2.32. The zero-order valence-electron chi connectivity index (χ0n) is 7.36. The highest BCUT2D eigenvalue weighted by atomic mass is 16.5. The van der Waals surface area contributed by atoms with Crippen molar-refractivity contribution in [3.8, 4) is 11.8 Å². The van der Waals surface area contributed by atoms with Crippen molar-refractivity contribution in [1.82, 2.24) is 4.98 Å². The van der Waals surface area contributed by atoms with Crippen LogP contribution in [0.4, 0.5) is 0 Å². The van der Waals surface area contributed by atoms with E-state index in [1.54, 1.807) is 19.4 Å². The molecule has 0 saturated heterocycles. The maximum atomic E-state index is 8.67. The molecule has 0 fully saturated rings. The SMILES string of the molecule is COCCOc1ccncc1C#N. The van der Waals surface area contributed by atoms with Crippen LogP contribution in [-0.2, 0) is 4.74 Å². The van der Waals surface area contributed by atoms with Gasteiger partial charge < -0.3 is 9.47 Å². The average Bonchev–Trinajstić information content (AvgIpc) is 2.19. The van der Waals surface area contributed by atoms with Crippen molar-refractivity contribution in [2.24, 2.45) is 0 Å². The first-order valence-corrected chi connectivity index (χ1v) is 3.84. The van der Waals surface area contributed by atoms with E-state index in [1.165, 1.54) is 6.20 Å². The van der Waals surface area contributed by atoms with Gasteiger partial charge in [0, 0.05) is 19.5 Å². The molecule has 1 aromatic heterocycles. The summed E-state index contributed by atoms with van der Waals surface area (Å²) in [6, 6.07) is 3.66. The second kappa shape index (κ2) is 5.12. The molecule has 0 saturated carbocycles. The van der Waals surface area contributed by atoms with Gasteiger partial charge in [-0.05, 0) is 6.07 Å². The summed E-state index contributed by atoms with van der Waals surface area (Å²) in [5.74, 6) is 0.551. The third kappa shape index (κ3) is 2.73. The van der Waals surface area contributed by atoms with Crippen molar-refractivity contribution in [1.29, 1.82) is 5.26 Å². The maximum absolute atomic E-state index is 8.67. The summed E-state index contributed by atoms with van der Waals surface area (Å²) in [5.41, 5.74) is 0.443. The van der Waals surface area contributed by atoms with Gasteiger partial charge in [-0.2, -0.15) is 5.26 Å². The summed E-state index contributed by atoms with van der Waals surface area (Å²) < 4.78 is 10.1. The molecule has 0 aliphatic heterocycles. The molecule has 0 spiro atoms. The Morgan fingerprint density at radius 2 is 2.38 bits per heavy atom. The molecular formula is C9H10N2O2. The van der Waals surface area contributed by atoms with Gasteiger partial charge in [0.1, 0.15) is 24.0 Å². The summed E-state index contributed by atoms with van der Waals surface area (Å²) in [6.45, 7) is 0.947.